The molecule has 0 aliphatic heterocycles. The van der Waals surface area contributed by atoms with Crippen molar-refractivity contribution in [3.8, 4) is 0 Å². The van der Waals surface area contributed by atoms with Gasteiger partial charge in [-0.3, -0.25) is 0 Å². The number of halogens is 1. The van der Waals surface area contributed by atoms with Crippen LogP contribution in [0.5, 0.6) is 0 Å². The highest BCUT2D eigenvalue weighted by atomic mass is 79.9. The van der Waals surface area contributed by atoms with Gasteiger partial charge in [0.2, 0.25) is 20.0 Å². The first-order valence-electron chi connectivity index (χ1n) is 5.72. The van der Waals surface area contributed by atoms with Gasteiger partial charge in [0, 0.05) is 22.8 Å². The molecule has 0 aliphatic rings. The van der Waals surface area contributed by atoms with E-state index in [0.717, 1.165) is 6.26 Å². The fraction of sp³-hybridized carbons (Fsp3) is 0.500. The number of pyridine rings is 1. The SMILES string of the molecule is CC(C)(CNS(=O)(=O)c1cc(Br)cnc1N)NS(C)(=O)=O. The van der Waals surface area contributed by atoms with E-state index in [-0.39, 0.29) is 17.3 Å². The number of aromatic nitrogens is 1. The number of rotatable bonds is 6. The summed E-state index contributed by atoms with van der Waals surface area (Å²) in [5.41, 5.74) is 4.56. The van der Waals surface area contributed by atoms with Crippen LogP contribution < -0.4 is 15.2 Å². The van der Waals surface area contributed by atoms with Crippen LogP contribution in [0.25, 0.3) is 0 Å². The van der Waals surface area contributed by atoms with Crippen LogP contribution in [0.3, 0.4) is 0 Å². The van der Waals surface area contributed by atoms with Gasteiger partial charge in [-0.25, -0.2) is 31.3 Å². The molecule has 120 valence electrons. The number of nitrogen functional groups attached to an aromatic ring is 1. The van der Waals surface area contributed by atoms with E-state index in [1.54, 1.807) is 13.8 Å². The van der Waals surface area contributed by atoms with Crippen molar-refractivity contribution < 1.29 is 16.8 Å². The van der Waals surface area contributed by atoms with Crippen molar-refractivity contribution in [1.82, 2.24) is 14.4 Å². The van der Waals surface area contributed by atoms with Gasteiger partial charge in [0.15, 0.2) is 0 Å². The lowest BCUT2D eigenvalue weighted by Crippen LogP contribution is -2.50. The molecule has 1 aromatic rings. The third-order valence-electron chi connectivity index (χ3n) is 2.30. The summed E-state index contributed by atoms with van der Waals surface area (Å²) in [4.78, 5) is 3.57. The summed E-state index contributed by atoms with van der Waals surface area (Å²) in [6.07, 6.45) is 2.38. The zero-order valence-corrected chi connectivity index (χ0v) is 14.9. The van der Waals surface area contributed by atoms with Gasteiger partial charge in [0.25, 0.3) is 0 Å². The van der Waals surface area contributed by atoms with E-state index < -0.39 is 25.6 Å². The molecule has 0 spiro atoms. The highest BCUT2D eigenvalue weighted by Crippen LogP contribution is 2.20. The van der Waals surface area contributed by atoms with Gasteiger partial charge in [-0.15, -0.1) is 0 Å². The second-order valence-corrected chi connectivity index (χ2v) is 9.52. The van der Waals surface area contributed by atoms with E-state index in [2.05, 4.69) is 30.4 Å². The summed E-state index contributed by atoms with van der Waals surface area (Å²) >= 11 is 3.12. The smallest absolute Gasteiger partial charge is 0.244 e. The van der Waals surface area contributed by atoms with E-state index in [0.29, 0.717) is 4.47 Å². The quantitative estimate of drug-likeness (QED) is 0.617. The Bertz CT molecular complexity index is 731. The Labute approximate surface area is 132 Å². The molecule has 0 aromatic carbocycles. The molecule has 1 heterocycles. The van der Waals surface area contributed by atoms with Crippen LogP contribution in [0, 0.1) is 0 Å². The van der Waals surface area contributed by atoms with Crippen LogP contribution in [0.2, 0.25) is 0 Å². The standard InChI is InChI=1S/C10H17BrN4O4S2/c1-10(2,15-20(3,16)17)6-14-21(18,19)8-4-7(11)5-13-9(8)12/h4-5,14-15H,6H2,1-3H3,(H2,12,13). The minimum atomic E-state index is -3.90. The van der Waals surface area contributed by atoms with Crippen LogP contribution in [0.4, 0.5) is 5.82 Å². The van der Waals surface area contributed by atoms with Crippen molar-refractivity contribution in [1.29, 1.82) is 0 Å². The van der Waals surface area contributed by atoms with Crippen molar-refractivity contribution in [2.24, 2.45) is 0 Å². The third-order valence-corrected chi connectivity index (χ3v) is 5.09. The van der Waals surface area contributed by atoms with Crippen molar-refractivity contribution >= 4 is 41.8 Å². The topological polar surface area (TPSA) is 131 Å². The molecule has 8 nitrogen and oxygen atoms in total. The number of nitrogens with two attached hydrogens (primary N) is 1. The largest absolute Gasteiger partial charge is 0.383 e. The van der Waals surface area contributed by atoms with Crippen molar-refractivity contribution in [2.75, 3.05) is 18.5 Å². The minimum Gasteiger partial charge on any atom is -0.383 e. The van der Waals surface area contributed by atoms with Crippen LogP contribution in [-0.4, -0.2) is 40.2 Å². The number of nitrogens with zero attached hydrogens (tertiary/aromatic N) is 1. The highest BCUT2D eigenvalue weighted by molar-refractivity contribution is 9.10. The van der Waals surface area contributed by atoms with Gasteiger partial charge >= 0.3 is 0 Å². The molecule has 0 radical (unpaired) electrons. The predicted octanol–water partition coefficient (Wildman–Crippen LogP) is 0.0324. The maximum Gasteiger partial charge on any atom is 0.244 e. The Kier molecular flexibility index (Phi) is 5.37. The molecule has 0 bridgehead atoms. The maximum absolute atomic E-state index is 12.2. The Morgan fingerprint density at radius 2 is 1.90 bits per heavy atom. The summed E-state index contributed by atoms with van der Waals surface area (Å²) in [6, 6.07) is 1.32. The highest BCUT2D eigenvalue weighted by Gasteiger charge is 2.26. The molecule has 11 heteroatoms. The molecule has 4 N–H and O–H groups in total. The fourth-order valence-electron chi connectivity index (χ4n) is 1.54. The number of sulfonamides is 2. The van der Waals surface area contributed by atoms with Crippen molar-refractivity contribution in [3.05, 3.63) is 16.7 Å². The summed E-state index contributed by atoms with van der Waals surface area (Å²) < 4.78 is 51.9. The van der Waals surface area contributed by atoms with Gasteiger partial charge in [-0.1, -0.05) is 0 Å². The van der Waals surface area contributed by atoms with Gasteiger partial charge < -0.3 is 5.73 Å². The molecule has 0 fully saturated rings. The second kappa shape index (κ2) is 6.16. The van der Waals surface area contributed by atoms with E-state index in [4.69, 9.17) is 5.73 Å². The zero-order valence-electron chi connectivity index (χ0n) is 11.7. The van der Waals surface area contributed by atoms with Gasteiger partial charge in [0.05, 0.1) is 6.26 Å². The van der Waals surface area contributed by atoms with Crippen LogP contribution in [0.15, 0.2) is 21.6 Å². The molecule has 1 rings (SSSR count). The average Bonchev–Trinajstić information content (AvgIpc) is 2.27. The number of anilines is 1. The number of hydrogen-bond donors (Lipinski definition) is 3. The molecular formula is C10H17BrN4O4S2. The van der Waals surface area contributed by atoms with Gasteiger partial charge in [0.1, 0.15) is 10.7 Å². The summed E-state index contributed by atoms with van der Waals surface area (Å²) in [6.45, 7) is 2.96. The van der Waals surface area contributed by atoms with Gasteiger partial charge in [-0.05, 0) is 35.8 Å². The lowest BCUT2D eigenvalue weighted by atomic mass is 10.1. The molecule has 0 amide bonds. The molecule has 0 saturated heterocycles. The van der Waals surface area contributed by atoms with Crippen LogP contribution in [0.1, 0.15) is 13.8 Å². The zero-order chi connectivity index (χ0) is 16.5. The van der Waals surface area contributed by atoms with E-state index >= 15 is 0 Å². The van der Waals surface area contributed by atoms with Crippen molar-refractivity contribution in [2.45, 2.75) is 24.3 Å². The average molecular weight is 401 g/mol. The van der Waals surface area contributed by atoms with Crippen LogP contribution >= 0.6 is 15.9 Å². The third kappa shape index (κ3) is 5.87. The maximum atomic E-state index is 12.2. The van der Waals surface area contributed by atoms with Crippen molar-refractivity contribution in [3.63, 3.8) is 0 Å². The summed E-state index contributed by atoms with van der Waals surface area (Å²) in [5.74, 6) is -0.139. The monoisotopic (exact) mass is 400 g/mol. The summed E-state index contributed by atoms with van der Waals surface area (Å²) in [5, 5.41) is 0. The lowest BCUT2D eigenvalue weighted by Gasteiger charge is -2.25. The first-order valence-corrected chi connectivity index (χ1v) is 9.89. The summed E-state index contributed by atoms with van der Waals surface area (Å²) in [7, 11) is -7.36. The molecular weight excluding hydrogens is 384 g/mol. The first-order chi connectivity index (χ1) is 9.32. The Morgan fingerprint density at radius 3 is 2.43 bits per heavy atom. The lowest BCUT2D eigenvalue weighted by molar-refractivity contribution is 0.446. The Balaban J connectivity index is 2.94. The van der Waals surface area contributed by atoms with Crippen LogP contribution in [-0.2, 0) is 20.0 Å². The minimum absolute atomic E-state index is 0.139. The van der Waals surface area contributed by atoms with E-state index in [1.165, 1.54) is 12.3 Å². The second-order valence-electron chi connectivity index (χ2n) is 5.12. The molecule has 0 saturated carbocycles. The number of nitrogens with one attached hydrogen (secondary N) is 2. The van der Waals surface area contributed by atoms with E-state index in [9.17, 15) is 16.8 Å². The Morgan fingerprint density at radius 1 is 1.33 bits per heavy atom. The normalized spacial score (nSPS) is 13.3. The molecule has 0 atom stereocenters. The molecule has 0 aliphatic carbocycles. The molecule has 0 unspecified atom stereocenters. The van der Waals surface area contributed by atoms with Gasteiger partial charge in [-0.2, -0.15) is 0 Å². The fourth-order valence-corrected chi connectivity index (χ4v) is 4.41. The number of hydrogen-bond acceptors (Lipinski definition) is 6. The Hall–Kier alpha value is -0.750. The first kappa shape index (κ1) is 18.3. The molecule has 1 aromatic heterocycles. The molecule has 21 heavy (non-hydrogen) atoms. The predicted molar refractivity (Wildman–Crippen MR) is 83.6 cm³/mol. The van der Waals surface area contributed by atoms with E-state index in [1.807, 2.05) is 0 Å².